The van der Waals surface area contributed by atoms with E-state index in [1.54, 1.807) is 0 Å². The van der Waals surface area contributed by atoms with Crippen LogP contribution in [0.1, 0.15) is 5.56 Å². The lowest BCUT2D eigenvalue weighted by atomic mass is 10.1. The molecular weight excluding hydrogens is 168 g/mol. The summed E-state index contributed by atoms with van der Waals surface area (Å²) in [5, 5.41) is 10.3. The summed E-state index contributed by atoms with van der Waals surface area (Å²) in [4.78, 5) is 0. The van der Waals surface area contributed by atoms with Crippen LogP contribution < -0.4 is 0 Å². The van der Waals surface area contributed by atoms with Gasteiger partial charge in [0.25, 0.3) is 0 Å². The minimum Gasteiger partial charge on any atom is -0.392 e. The van der Waals surface area contributed by atoms with Crippen LogP contribution in [0.15, 0.2) is 35.9 Å². The van der Waals surface area contributed by atoms with Gasteiger partial charge in [-0.2, -0.15) is 0 Å². The first kappa shape index (κ1) is 9.10. The van der Waals surface area contributed by atoms with Crippen LogP contribution in [0.25, 0.3) is 6.08 Å². The zero-order chi connectivity index (χ0) is 8.81. The standard InChI is InChI=1S/C10H10OS/c11-7-10(8-12)6-9-4-2-1-3-5-9/h1-6,8,11H,7H2/b10-6-. The second-order valence-electron chi connectivity index (χ2n) is 2.41. The van der Waals surface area contributed by atoms with Gasteiger partial charge in [-0.3, -0.25) is 0 Å². The third-order valence-electron chi connectivity index (χ3n) is 1.49. The maximum absolute atomic E-state index is 8.82. The van der Waals surface area contributed by atoms with E-state index in [0.29, 0.717) is 0 Å². The summed E-state index contributed by atoms with van der Waals surface area (Å²) in [6, 6.07) is 9.78. The molecule has 0 aromatic heterocycles. The van der Waals surface area contributed by atoms with Crippen molar-refractivity contribution in [3.63, 3.8) is 0 Å². The Hall–Kier alpha value is -0.990. The van der Waals surface area contributed by atoms with Gasteiger partial charge in [-0.05, 0) is 17.2 Å². The zero-order valence-corrected chi connectivity index (χ0v) is 7.42. The highest BCUT2D eigenvalue weighted by Gasteiger charge is 1.89. The second-order valence-corrected chi connectivity index (χ2v) is 2.64. The Kier molecular flexibility index (Phi) is 3.64. The van der Waals surface area contributed by atoms with Crippen LogP contribution in [0, 0.1) is 0 Å². The fourth-order valence-electron chi connectivity index (χ4n) is 0.880. The SMILES string of the molecule is OC/C(C=S)=C/c1ccccc1. The quantitative estimate of drug-likeness (QED) is 0.564. The third-order valence-corrected chi connectivity index (χ3v) is 1.79. The van der Waals surface area contributed by atoms with Gasteiger partial charge in [0.15, 0.2) is 0 Å². The highest BCUT2D eigenvalue weighted by molar-refractivity contribution is 7.79. The van der Waals surface area contributed by atoms with Crippen LogP contribution in [0.4, 0.5) is 0 Å². The van der Waals surface area contributed by atoms with Crippen LogP contribution in [0.3, 0.4) is 0 Å². The molecule has 0 radical (unpaired) electrons. The fraction of sp³-hybridized carbons (Fsp3) is 0.100. The molecule has 0 aliphatic rings. The summed E-state index contributed by atoms with van der Waals surface area (Å²) in [6.07, 6.45) is 1.87. The Morgan fingerprint density at radius 2 is 2.00 bits per heavy atom. The van der Waals surface area contributed by atoms with Crippen LogP contribution >= 0.6 is 12.2 Å². The average molecular weight is 178 g/mol. The molecule has 62 valence electrons. The van der Waals surface area contributed by atoms with Gasteiger partial charge in [0.2, 0.25) is 0 Å². The van der Waals surface area contributed by atoms with Crippen molar-refractivity contribution in [1.29, 1.82) is 0 Å². The van der Waals surface area contributed by atoms with E-state index in [0.717, 1.165) is 11.1 Å². The third kappa shape index (κ3) is 2.57. The van der Waals surface area contributed by atoms with Crippen molar-refractivity contribution in [1.82, 2.24) is 0 Å². The molecular formula is C10H10OS. The Labute approximate surface area is 77.4 Å². The van der Waals surface area contributed by atoms with Gasteiger partial charge in [-0.1, -0.05) is 42.5 Å². The monoisotopic (exact) mass is 178 g/mol. The molecule has 0 atom stereocenters. The number of thiocarbonyl (C=S) groups is 1. The van der Waals surface area contributed by atoms with Gasteiger partial charge in [0, 0.05) is 5.37 Å². The van der Waals surface area contributed by atoms with E-state index in [1.807, 2.05) is 36.4 Å². The van der Waals surface area contributed by atoms with Crippen molar-refractivity contribution < 1.29 is 5.11 Å². The smallest absolute Gasteiger partial charge is 0.0690 e. The Balaban J connectivity index is 2.86. The normalized spacial score (nSPS) is 11.2. The van der Waals surface area contributed by atoms with Crippen molar-refractivity contribution in [2.75, 3.05) is 6.61 Å². The molecule has 0 saturated carbocycles. The van der Waals surface area contributed by atoms with Crippen LogP contribution in [0.5, 0.6) is 0 Å². The van der Waals surface area contributed by atoms with E-state index >= 15 is 0 Å². The first-order valence-corrected chi connectivity index (χ1v) is 4.15. The molecule has 2 heteroatoms. The Morgan fingerprint density at radius 1 is 1.33 bits per heavy atom. The van der Waals surface area contributed by atoms with Crippen LogP contribution in [-0.4, -0.2) is 17.1 Å². The predicted octanol–water partition coefficient (Wildman–Crippen LogP) is 2.06. The van der Waals surface area contributed by atoms with Gasteiger partial charge in [0.05, 0.1) is 6.61 Å². The summed E-state index contributed by atoms with van der Waals surface area (Å²) in [5.74, 6) is 0. The fourth-order valence-corrected chi connectivity index (χ4v) is 1.02. The number of hydrogen-bond acceptors (Lipinski definition) is 2. The summed E-state index contributed by atoms with van der Waals surface area (Å²) in [5.41, 5.74) is 1.82. The largest absolute Gasteiger partial charge is 0.392 e. The minimum atomic E-state index is -0.00159. The zero-order valence-electron chi connectivity index (χ0n) is 6.60. The van der Waals surface area contributed by atoms with Crippen molar-refractivity contribution >= 4 is 23.7 Å². The van der Waals surface area contributed by atoms with E-state index in [1.165, 1.54) is 5.37 Å². The minimum absolute atomic E-state index is 0.00159. The molecule has 0 unspecified atom stereocenters. The van der Waals surface area contributed by atoms with Gasteiger partial charge in [0.1, 0.15) is 0 Å². The van der Waals surface area contributed by atoms with E-state index in [2.05, 4.69) is 0 Å². The molecule has 0 spiro atoms. The van der Waals surface area contributed by atoms with Gasteiger partial charge >= 0.3 is 0 Å². The number of hydrogen-bond donors (Lipinski definition) is 1. The lowest BCUT2D eigenvalue weighted by Gasteiger charge is -1.95. The summed E-state index contributed by atoms with van der Waals surface area (Å²) >= 11 is 4.72. The topological polar surface area (TPSA) is 20.2 Å². The van der Waals surface area contributed by atoms with Crippen LogP contribution in [-0.2, 0) is 0 Å². The molecule has 0 amide bonds. The molecule has 1 nitrogen and oxygen atoms in total. The van der Waals surface area contributed by atoms with Crippen molar-refractivity contribution in [3.8, 4) is 0 Å². The highest BCUT2D eigenvalue weighted by Crippen LogP contribution is 2.04. The molecule has 12 heavy (non-hydrogen) atoms. The van der Waals surface area contributed by atoms with Crippen molar-refractivity contribution in [2.24, 2.45) is 0 Å². The van der Waals surface area contributed by atoms with E-state index < -0.39 is 0 Å². The first-order chi connectivity index (χ1) is 5.86. The maximum atomic E-state index is 8.82. The number of benzene rings is 1. The molecule has 0 fully saturated rings. The van der Waals surface area contributed by atoms with E-state index in [4.69, 9.17) is 17.3 Å². The molecule has 1 N–H and O–H groups in total. The van der Waals surface area contributed by atoms with Crippen molar-refractivity contribution in [2.45, 2.75) is 0 Å². The molecule has 0 heterocycles. The lowest BCUT2D eigenvalue weighted by Crippen LogP contribution is -1.89. The summed E-state index contributed by atoms with van der Waals surface area (Å²) < 4.78 is 0. The molecule has 0 aliphatic carbocycles. The van der Waals surface area contributed by atoms with Gasteiger partial charge < -0.3 is 5.11 Å². The van der Waals surface area contributed by atoms with Gasteiger partial charge in [-0.25, -0.2) is 0 Å². The Morgan fingerprint density at radius 3 is 2.50 bits per heavy atom. The molecule has 0 aliphatic heterocycles. The maximum Gasteiger partial charge on any atom is 0.0690 e. The molecule has 0 saturated heterocycles. The predicted molar refractivity (Wildman–Crippen MR) is 55.2 cm³/mol. The number of aliphatic hydroxyl groups excluding tert-OH is 1. The highest BCUT2D eigenvalue weighted by atomic mass is 32.1. The summed E-state index contributed by atoms with van der Waals surface area (Å²) in [7, 11) is 0. The van der Waals surface area contributed by atoms with Crippen LogP contribution in [0.2, 0.25) is 0 Å². The number of rotatable bonds is 3. The molecule has 0 bridgehead atoms. The first-order valence-electron chi connectivity index (χ1n) is 3.68. The van der Waals surface area contributed by atoms with E-state index in [9.17, 15) is 0 Å². The number of aliphatic hydroxyl groups is 1. The van der Waals surface area contributed by atoms with Crippen molar-refractivity contribution in [3.05, 3.63) is 41.5 Å². The Bertz CT molecular complexity index is 277. The second kappa shape index (κ2) is 4.80. The average Bonchev–Trinajstić information content (AvgIpc) is 2.16. The summed E-state index contributed by atoms with van der Waals surface area (Å²) in [6.45, 7) is -0.00159. The lowest BCUT2D eigenvalue weighted by molar-refractivity contribution is 0.339. The van der Waals surface area contributed by atoms with Gasteiger partial charge in [-0.15, -0.1) is 0 Å². The van der Waals surface area contributed by atoms with E-state index in [-0.39, 0.29) is 6.61 Å². The molecule has 1 aromatic carbocycles. The molecule has 1 aromatic rings. The molecule has 1 rings (SSSR count).